The molecule has 1 aliphatic rings. The predicted molar refractivity (Wildman–Crippen MR) is 65.7 cm³/mol. The Morgan fingerprint density at radius 2 is 2.06 bits per heavy atom. The molecule has 1 heterocycles. The monoisotopic (exact) mass is 240 g/mol. The fourth-order valence-electron chi connectivity index (χ4n) is 1.86. The maximum atomic E-state index is 11.7. The minimum atomic E-state index is -0.416. The summed E-state index contributed by atoms with van der Waals surface area (Å²) in [7, 11) is 0. The third-order valence-corrected chi connectivity index (χ3v) is 2.51. The topological polar surface area (TPSA) is 87.8 Å². The molecule has 0 fully saturated rings. The highest BCUT2D eigenvalue weighted by atomic mass is 16.2. The van der Waals surface area contributed by atoms with Crippen LogP contribution in [0.4, 0.5) is 4.79 Å². The molecule has 1 aliphatic heterocycles. The Morgan fingerprint density at radius 1 is 1.47 bits per heavy atom. The Bertz CT molecular complexity index is 349. The Labute approximate surface area is 101 Å². The average molecular weight is 240 g/mol. The molecule has 1 atom stereocenters. The Morgan fingerprint density at radius 3 is 2.53 bits per heavy atom. The van der Waals surface area contributed by atoms with E-state index in [1.807, 2.05) is 27.7 Å². The van der Waals surface area contributed by atoms with Gasteiger partial charge >= 0.3 is 6.03 Å². The quantitative estimate of drug-likeness (QED) is 0.748. The number of amides is 3. The number of amidine groups is 1. The van der Waals surface area contributed by atoms with Crippen molar-refractivity contribution in [1.82, 2.24) is 10.2 Å². The van der Waals surface area contributed by atoms with Crippen molar-refractivity contribution in [2.75, 3.05) is 0 Å². The van der Waals surface area contributed by atoms with Crippen molar-refractivity contribution in [2.45, 2.75) is 52.2 Å². The van der Waals surface area contributed by atoms with Crippen molar-refractivity contribution in [3.8, 4) is 0 Å². The van der Waals surface area contributed by atoms with E-state index in [9.17, 15) is 9.59 Å². The van der Waals surface area contributed by atoms with Crippen LogP contribution in [0.1, 0.15) is 34.1 Å². The van der Waals surface area contributed by atoms with Gasteiger partial charge in [0.15, 0.2) is 0 Å². The van der Waals surface area contributed by atoms with E-state index in [-0.39, 0.29) is 36.3 Å². The van der Waals surface area contributed by atoms with Crippen LogP contribution in [0.25, 0.3) is 0 Å². The molecule has 3 N–H and O–H groups in total. The Hall–Kier alpha value is -1.59. The summed E-state index contributed by atoms with van der Waals surface area (Å²) in [6.07, 6.45) is 0.164. The summed E-state index contributed by atoms with van der Waals surface area (Å²) in [6, 6.07) is -0.726. The molecule has 6 heteroatoms. The number of hydrogen-bond donors (Lipinski definition) is 2. The van der Waals surface area contributed by atoms with Crippen molar-refractivity contribution in [3.05, 3.63) is 0 Å². The van der Waals surface area contributed by atoms with E-state index >= 15 is 0 Å². The van der Waals surface area contributed by atoms with Crippen molar-refractivity contribution >= 4 is 17.8 Å². The smallest absolute Gasteiger partial charge is 0.346 e. The third-order valence-electron chi connectivity index (χ3n) is 2.51. The van der Waals surface area contributed by atoms with Crippen LogP contribution in [0.2, 0.25) is 0 Å². The number of nitrogens with one attached hydrogen (secondary N) is 1. The summed E-state index contributed by atoms with van der Waals surface area (Å²) in [5.74, 6) is 0.103. The van der Waals surface area contributed by atoms with E-state index < -0.39 is 6.04 Å². The molecule has 0 saturated heterocycles. The fourth-order valence-corrected chi connectivity index (χ4v) is 1.86. The van der Waals surface area contributed by atoms with Gasteiger partial charge in [-0.05, 0) is 27.7 Å². The van der Waals surface area contributed by atoms with Crippen molar-refractivity contribution in [1.29, 1.82) is 0 Å². The van der Waals surface area contributed by atoms with Crippen molar-refractivity contribution < 1.29 is 9.59 Å². The molecule has 0 aromatic rings. The van der Waals surface area contributed by atoms with Crippen LogP contribution in [0.15, 0.2) is 4.99 Å². The van der Waals surface area contributed by atoms with Gasteiger partial charge in [-0.1, -0.05) is 0 Å². The zero-order chi connectivity index (χ0) is 13.2. The van der Waals surface area contributed by atoms with Gasteiger partial charge in [0.25, 0.3) is 0 Å². The highest BCUT2D eigenvalue weighted by molar-refractivity contribution is 6.04. The molecule has 0 aromatic carbocycles. The lowest BCUT2D eigenvalue weighted by molar-refractivity contribution is -0.122. The number of nitrogens with two attached hydrogens (primary N) is 1. The summed E-state index contributed by atoms with van der Waals surface area (Å²) in [6.45, 7) is 7.52. The van der Waals surface area contributed by atoms with Crippen LogP contribution < -0.4 is 11.1 Å². The zero-order valence-electron chi connectivity index (χ0n) is 10.7. The molecule has 17 heavy (non-hydrogen) atoms. The van der Waals surface area contributed by atoms with Crippen LogP contribution in [0.3, 0.4) is 0 Å². The minimum absolute atomic E-state index is 0.0239. The molecule has 1 unspecified atom stereocenters. The number of rotatable bonds is 4. The minimum Gasteiger partial charge on any atom is -0.385 e. The lowest BCUT2D eigenvalue weighted by Gasteiger charge is -2.27. The van der Waals surface area contributed by atoms with E-state index in [1.165, 1.54) is 4.90 Å². The van der Waals surface area contributed by atoms with Gasteiger partial charge in [0.2, 0.25) is 5.91 Å². The number of urea groups is 1. The van der Waals surface area contributed by atoms with Crippen LogP contribution in [-0.2, 0) is 4.79 Å². The molecule has 0 saturated carbocycles. The lowest BCUT2D eigenvalue weighted by Crippen LogP contribution is -2.47. The second kappa shape index (κ2) is 5.16. The van der Waals surface area contributed by atoms with Crippen molar-refractivity contribution in [2.24, 2.45) is 10.7 Å². The molecule has 0 aliphatic carbocycles. The summed E-state index contributed by atoms with van der Waals surface area (Å²) >= 11 is 0. The summed E-state index contributed by atoms with van der Waals surface area (Å²) in [4.78, 5) is 28.5. The summed E-state index contributed by atoms with van der Waals surface area (Å²) in [5, 5.41) is 2.78. The van der Waals surface area contributed by atoms with E-state index in [0.717, 1.165) is 0 Å². The van der Waals surface area contributed by atoms with Gasteiger partial charge in [0.05, 0.1) is 6.42 Å². The Balaban J connectivity index is 2.71. The number of carbonyl (C=O) groups is 2. The molecule has 0 bridgehead atoms. The zero-order valence-corrected chi connectivity index (χ0v) is 10.7. The fraction of sp³-hybridized carbons (Fsp3) is 0.727. The van der Waals surface area contributed by atoms with Gasteiger partial charge < -0.3 is 16.0 Å². The number of aliphatic imine (C=N–C) groups is 1. The highest BCUT2D eigenvalue weighted by Crippen LogP contribution is 2.17. The number of hydrogen-bond acceptors (Lipinski definition) is 3. The van der Waals surface area contributed by atoms with Gasteiger partial charge in [-0.25, -0.2) is 4.79 Å². The van der Waals surface area contributed by atoms with Gasteiger partial charge in [-0.2, -0.15) is 4.99 Å². The maximum Gasteiger partial charge on any atom is 0.346 e. The second-order valence-electron chi connectivity index (χ2n) is 4.76. The first-order valence-corrected chi connectivity index (χ1v) is 5.78. The van der Waals surface area contributed by atoms with Crippen molar-refractivity contribution in [3.63, 3.8) is 0 Å². The maximum absolute atomic E-state index is 11.7. The van der Waals surface area contributed by atoms with Crippen LogP contribution in [-0.4, -0.2) is 40.8 Å². The normalized spacial score (nSPS) is 20.1. The predicted octanol–water partition coefficient (Wildman–Crippen LogP) is 0.471. The first kappa shape index (κ1) is 13.5. The first-order valence-electron chi connectivity index (χ1n) is 5.78. The third kappa shape index (κ3) is 3.18. The van der Waals surface area contributed by atoms with Gasteiger partial charge in [-0.3, -0.25) is 4.79 Å². The van der Waals surface area contributed by atoms with E-state index in [1.54, 1.807) is 0 Å². The molecule has 3 amide bonds. The number of carbonyl (C=O) groups excluding carboxylic acids is 2. The van der Waals surface area contributed by atoms with Crippen LogP contribution >= 0.6 is 0 Å². The molecule has 1 rings (SSSR count). The Kier molecular flexibility index (Phi) is 4.09. The first-order chi connectivity index (χ1) is 7.82. The molecular weight excluding hydrogens is 220 g/mol. The molecule has 0 spiro atoms. The molecule has 0 radical (unpaired) electrons. The highest BCUT2D eigenvalue weighted by Gasteiger charge is 2.36. The van der Waals surface area contributed by atoms with E-state index in [4.69, 9.17) is 5.73 Å². The average Bonchev–Trinajstić information content (AvgIpc) is 2.39. The molecule has 6 nitrogen and oxygen atoms in total. The summed E-state index contributed by atoms with van der Waals surface area (Å²) < 4.78 is 0. The van der Waals surface area contributed by atoms with Gasteiger partial charge in [-0.15, -0.1) is 0 Å². The number of nitrogens with zero attached hydrogens (tertiary/aromatic N) is 2. The van der Waals surface area contributed by atoms with Crippen LogP contribution in [0, 0.1) is 0 Å². The second-order valence-corrected chi connectivity index (χ2v) is 4.76. The SMILES string of the molecule is CC(C)NC(=O)CC1C(N)=NC(=O)N1C(C)C. The largest absolute Gasteiger partial charge is 0.385 e. The van der Waals surface area contributed by atoms with Gasteiger partial charge in [0.1, 0.15) is 11.9 Å². The summed E-state index contributed by atoms with van der Waals surface area (Å²) in [5.41, 5.74) is 5.68. The molecule has 0 aromatic heterocycles. The standard InChI is InChI=1S/C11H20N4O2/c1-6(2)13-9(16)5-8-10(12)14-11(17)15(8)7(3)4/h6-8H,5H2,1-4H3,(H,13,16)(H2,12,14,17). The molecular formula is C11H20N4O2. The lowest BCUT2D eigenvalue weighted by atomic mass is 10.1. The van der Waals surface area contributed by atoms with Gasteiger partial charge in [0, 0.05) is 12.1 Å². The van der Waals surface area contributed by atoms with E-state index in [0.29, 0.717) is 0 Å². The van der Waals surface area contributed by atoms with Crippen LogP contribution in [0.5, 0.6) is 0 Å². The van der Waals surface area contributed by atoms with E-state index in [2.05, 4.69) is 10.3 Å². The molecule has 96 valence electrons.